The molecule has 2 aromatic rings. The first-order valence-electron chi connectivity index (χ1n) is 6.29. The molecule has 21 heavy (non-hydrogen) atoms. The van der Waals surface area contributed by atoms with E-state index in [-0.39, 0.29) is 12.5 Å². The van der Waals surface area contributed by atoms with E-state index in [1.54, 1.807) is 25.1 Å². The molecule has 0 unspecified atom stereocenters. The minimum Gasteiger partial charge on any atom is -0.338 e. The summed E-state index contributed by atoms with van der Waals surface area (Å²) in [5.74, 6) is 0.175. The van der Waals surface area contributed by atoms with Crippen LogP contribution in [0.1, 0.15) is 11.3 Å². The van der Waals surface area contributed by atoms with E-state index in [1.165, 1.54) is 0 Å². The first-order chi connectivity index (χ1) is 9.94. The fourth-order valence-electron chi connectivity index (χ4n) is 1.85. The molecule has 1 aromatic carbocycles. The summed E-state index contributed by atoms with van der Waals surface area (Å²) in [7, 11) is 1.84. The number of hydrogen-bond acceptors (Lipinski definition) is 4. The van der Waals surface area contributed by atoms with Crippen molar-refractivity contribution in [1.82, 2.24) is 10.1 Å². The lowest BCUT2D eigenvalue weighted by molar-refractivity contribution is -0.117. The van der Waals surface area contributed by atoms with Crippen molar-refractivity contribution in [3.8, 4) is 0 Å². The van der Waals surface area contributed by atoms with Crippen LogP contribution in [0.4, 0.5) is 5.88 Å². The van der Waals surface area contributed by atoms with Gasteiger partial charge in [-0.3, -0.25) is 15.0 Å². The number of nitrogens with one attached hydrogen (secondary N) is 1. The van der Waals surface area contributed by atoms with E-state index >= 15 is 0 Å². The van der Waals surface area contributed by atoms with Crippen molar-refractivity contribution in [3.63, 3.8) is 0 Å². The van der Waals surface area contributed by atoms with Crippen LogP contribution in [0.5, 0.6) is 0 Å². The lowest BCUT2D eigenvalue weighted by Gasteiger charge is -2.16. The minimum atomic E-state index is -0.172. The molecule has 0 spiro atoms. The Morgan fingerprint density at radius 1 is 1.33 bits per heavy atom. The molecule has 1 N–H and O–H groups in total. The van der Waals surface area contributed by atoms with Gasteiger partial charge in [0.05, 0.1) is 22.3 Å². The number of rotatable bonds is 5. The monoisotopic (exact) mass is 327 g/mol. The highest BCUT2D eigenvalue weighted by Gasteiger charge is 2.10. The van der Waals surface area contributed by atoms with E-state index < -0.39 is 0 Å². The van der Waals surface area contributed by atoms with Crippen LogP contribution >= 0.6 is 23.2 Å². The average Bonchev–Trinajstić information content (AvgIpc) is 2.79. The highest BCUT2D eigenvalue weighted by molar-refractivity contribution is 6.42. The van der Waals surface area contributed by atoms with Gasteiger partial charge in [-0.05, 0) is 31.7 Å². The number of nitrogens with zero attached hydrogens (tertiary/aromatic N) is 2. The number of benzene rings is 1. The van der Waals surface area contributed by atoms with Crippen LogP contribution in [0.25, 0.3) is 0 Å². The number of carbonyl (C=O) groups is 1. The van der Waals surface area contributed by atoms with Gasteiger partial charge in [-0.1, -0.05) is 34.4 Å². The molecule has 0 bridgehead atoms. The maximum Gasteiger partial charge on any atom is 0.240 e. The van der Waals surface area contributed by atoms with Crippen LogP contribution in [0, 0.1) is 6.92 Å². The minimum absolute atomic E-state index is 0.172. The zero-order valence-corrected chi connectivity index (χ0v) is 13.2. The fraction of sp³-hybridized carbons (Fsp3) is 0.286. The summed E-state index contributed by atoms with van der Waals surface area (Å²) in [5.41, 5.74) is 1.70. The number of amides is 1. The van der Waals surface area contributed by atoms with Crippen molar-refractivity contribution in [3.05, 3.63) is 45.6 Å². The Bertz CT molecular complexity index is 643. The van der Waals surface area contributed by atoms with Gasteiger partial charge in [0, 0.05) is 12.6 Å². The van der Waals surface area contributed by atoms with E-state index in [2.05, 4.69) is 10.5 Å². The highest BCUT2D eigenvalue weighted by Crippen LogP contribution is 2.23. The third kappa shape index (κ3) is 4.74. The maximum atomic E-state index is 11.9. The second-order valence-corrected chi connectivity index (χ2v) is 5.62. The Morgan fingerprint density at radius 3 is 2.71 bits per heavy atom. The van der Waals surface area contributed by atoms with Gasteiger partial charge in [0.2, 0.25) is 11.8 Å². The molecule has 0 aliphatic heterocycles. The van der Waals surface area contributed by atoms with E-state index in [0.29, 0.717) is 22.5 Å². The van der Waals surface area contributed by atoms with Gasteiger partial charge in [-0.15, -0.1) is 0 Å². The molecule has 0 atom stereocenters. The zero-order chi connectivity index (χ0) is 15.4. The summed E-state index contributed by atoms with van der Waals surface area (Å²) in [5, 5.41) is 7.37. The SMILES string of the molecule is Cc1cc(NC(=O)CN(C)Cc2ccc(Cl)c(Cl)c2)on1. The van der Waals surface area contributed by atoms with Crippen molar-refractivity contribution in [1.29, 1.82) is 0 Å². The van der Waals surface area contributed by atoms with Gasteiger partial charge < -0.3 is 4.52 Å². The lowest BCUT2D eigenvalue weighted by atomic mass is 10.2. The van der Waals surface area contributed by atoms with Gasteiger partial charge in [-0.2, -0.15) is 0 Å². The predicted octanol–water partition coefficient (Wildman–Crippen LogP) is 3.36. The molecular weight excluding hydrogens is 313 g/mol. The summed E-state index contributed by atoms with van der Waals surface area (Å²) in [4.78, 5) is 13.7. The van der Waals surface area contributed by atoms with Crippen LogP contribution in [-0.2, 0) is 11.3 Å². The van der Waals surface area contributed by atoms with Gasteiger partial charge in [0.15, 0.2) is 0 Å². The standard InChI is InChI=1S/C14H15Cl2N3O2/c1-9-5-14(21-18-9)17-13(20)8-19(2)7-10-3-4-11(15)12(16)6-10/h3-6H,7-8H2,1-2H3,(H,17,20). The van der Waals surface area contributed by atoms with Gasteiger partial charge >= 0.3 is 0 Å². The van der Waals surface area contributed by atoms with Gasteiger partial charge in [0.1, 0.15) is 0 Å². The summed E-state index contributed by atoms with van der Waals surface area (Å²) < 4.78 is 4.93. The molecule has 0 radical (unpaired) electrons. The Labute approximate surface area is 132 Å². The van der Waals surface area contributed by atoms with Crippen LogP contribution in [0.3, 0.4) is 0 Å². The van der Waals surface area contributed by atoms with Gasteiger partial charge in [0.25, 0.3) is 0 Å². The van der Waals surface area contributed by atoms with Crippen molar-refractivity contribution >= 4 is 35.0 Å². The number of hydrogen-bond donors (Lipinski definition) is 1. The van der Waals surface area contributed by atoms with Crippen LogP contribution in [-0.4, -0.2) is 29.6 Å². The summed E-state index contributed by atoms with van der Waals surface area (Å²) in [6, 6.07) is 7.07. The average molecular weight is 328 g/mol. The molecule has 1 amide bonds. The van der Waals surface area contributed by atoms with Crippen LogP contribution < -0.4 is 5.32 Å². The van der Waals surface area contributed by atoms with Crippen molar-refractivity contribution in [2.75, 3.05) is 18.9 Å². The molecular formula is C14H15Cl2N3O2. The molecule has 2 rings (SSSR count). The number of anilines is 1. The second kappa shape index (κ2) is 6.93. The maximum absolute atomic E-state index is 11.9. The largest absolute Gasteiger partial charge is 0.338 e. The molecule has 7 heteroatoms. The summed E-state index contributed by atoms with van der Waals surface area (Å²) in [6.45, 7) is 2.59. The third-order valence-electron chi connectivity index (χ3n) is 2.74. The Balaban J connectivity index is 1.87. The molecule has 0 saturated heterocycles. The number of halogens is 2. The Morgan fingerprint density at radius 2 is 2.10 bits per heavy atom. The van der Waals surface area contributed by atoms with Crippen molar-refractivity contribution in [2.45, 2.75) is 13.5 Å². The van der Waals surface area contributed by atoms with E-state index in [9.17, 15) is 4.79 Å². The van der Waals surface area contributed by atoms with E-state index in [0.717, 1.165) is 11.3 Å². The summed E-state index contributed by atoms with van der Waals surface area (Å²) >= 11 is 11.8. The molecule has 112 valence electrons. The quantitative estimate of drug-likeness (QED) is 0.914. The fourth-order valence-corrected chi connectivity index (χ4v) is 2.17. The predicted molar refractivity (Wildman–Crippen MR) is 82.7 cm³/mol. The van der Waals surface area contributed by atoms with Crippen molar-refractivity contribution in [2.24, 2.45) is 0 Å². The molecule has 0 aliphatic carbocycles. The van der Waals surface area contributed by atoms with Crippen molar-refractivity contribution < 1.29 is 9.32 Å². The number of aryl methyl sites for hydroxylation is 1. The lowest BCUT2D eigenvalue weighted by Crippen LogP contribution is -2.29. The van der Waals surface area contributed by atoms with Crippen LogP contribution in [0.2, 0.25) is 10.0 Å². The first-order valence-corrected chi connectivity index (χ1v) is 7.05. The summed E-state index contributed by atoms with van der Waals surface area (Å²) in [6.07, 6.45) is 0. The second-order valence-electron chi connectivity index (χ2n) is 4.80. The van der Waals surface area contributed by atoms with E-state index in [1.807, 2.05) is 18.0 Å². The van der Waals surface area contributed by atoms with E-state index in [4.69, 9.17) is 27.7 Å². The van der Waals surface area contributed by atoms with Crippen LogP contribution in [0.15, 0.2) is 28.8 Å². The zero-order valence-electron chi connectivity index (χ0n) is 11.7. The molecule has 0 aliphatic rings. The third-order valence-corrected chi connectivity index (χ3v) is 3.48. The number of likely N-dealkylation sites (N-methyl/N-ethyl adjacent to an activating group) is 1. The highest BCUT2D eigenvalue weighted by atomic mass is 35.5. The molecule has 5 nitrogen and oxygen atoms in total. The Kier molecular flexibility index (Phi) is 5.22. The number of carbonyl (C=O) groups excluding carboxylic acids is 1. The molecule has 0 saturated carbocycles. The normalized spacial score (nSPS) is 10.9. The smallest absolute Gasteiger partial charge is 0.240 e. The first kappa shape index (κ1) is 15.8. The molecule has 1 aromatic heterocycles. The topological polar surface area (TPSA) is 58.4 Å². The Hall–Kier alpha value is -1.56. The number of aromatic nitrogens is 1. The molecule has 1 heterocycles. The van der Waals surface area contributed by atoms with Gasteiger partial charge in [-0.25, -0.2) is 0 Å². The molecule has 0 fully saturated rings.